The van der Waals surface area contributed by atoms with E-state index in [-0.39, 0.29) is 11.8 Å². The average Bonchev–Trinajstić information content (AvgIpc) is 3.15. The van der Waals surface area contributed by atoms with Gasteiger partial charge in [-0.2, -0.15) is 0 Å². The molecule has 1 aromatic heterocycles. The number of carbonyl (C=O) groups excluding carboxylic acids is 2. The summed E-state index contributed by atoms with van der Waals surface area (Å²) in [5.41, 5.74) is 2.37. The van der Waals surface area contributed by atoms with Crippen molar-refractivity contribution in [2.24, 2.45) is 0 Å². The van der Waals surface area contributed by atoms with E-state index in [9.17, 15) is 9.59 Å². The minimum absolute atomic E-state index is 0.0580. The van der Waals surface area contributed by atoms with Crippen molar-refractivity contribution in [3.63, 3.8) is 0 Å². The minimum Gasteiger partial charge on any atom is -0.494 e. The molecule has 0 spiro atoms. The lowest BCUT2D eigenvalue weighted by Gasteiger charge is -2.31. The van der Waals surface area contributed by atoms with Crippen LogP contribution in [0, 0.1) is 0 Å². The van der Waals surface area contributed by atoms with Gasteiger partial charge < -0.3 is 15.0 Å². The van der Waals surface area contributed by atoms with Crippen LogP contribution in [0.2, 0.25) is 0 Å². The molecular formula is C19H22N2O3S. The fourth-order valence-electron chi connectivity index (χ4n) is 2.99. The molecule has 0 bridgehead atoms. The Hall–Kier alpha value is -2.34. The highest BCUT2D eigenvalue weighted by Gasteiger charge is 2.26. The van der Waals surface area contributed by atoms with Crippen molar-refractivity contribution >= 4 is 23.2 Å². The molecule has 1 aromatic carbocycles. The highest BCUT2D eigenvalue weighted by atomic mass is 32.1. The van der Waals surface area contributed by atoms with Crippen LogP contribution in [0.3, 0.4) is 0 Å². The molecule has 25 heavy (non-hydrogen) atoms. The lowest BCUT2D eigenvalue weighted by molar-refractivity contribution is -0.133. The van der Waals surface area contributed by atoms with Gasteiger partial charge in [0.25, 0.3) is 5.91 Å². The van der Waals surface area contributed by atoms with E-state index in [1.807, 2.05) is 30.5 Å². The second-order valence-corrected chi connectivity index (χ2v) is 6.99. The Kier molecular flexibility index (Phi) is 5.38. The van der Waals surface area contributed by atoms with E-state index in [0.29, 0.717) is 24.6 Å². The summed E-state index contributed by atoms with van der Waals surface area (Å²) in [5.74, 6) is 0.568. The number of fused-ring (bicyclic) bond motifs is 1. The summed E-state index contributed by atoms with van der Waals surface area (Å²) in [7, 11) is 0. The molecule has 1 aliphatic rings. The van der Waals surface area contributed by atoms with E-state index in [1.54, 1.807) is 17.9 Å². The summed E-state index contributed by atoms with van der Waals surface area (Å²) in [6.07, 6.45) is 0.819. The Balaban J connectivity index is 1.65. The summed E-state index contributed by atoms with van der Waals surface area (Å²) in [5, 5.41) is 4.64. The van der Waals surface area contributed by atoms with Crippen molar-refractivity contribution < 1.29 is 14.3 Å². The van der Waals surface area contributed by atoms with Gasteiger partial charge in [0.05, 0.1) is 11.5 Å². The number of rotatable bonds is 5. The Morgan fingerprint density at radius 3 is 2.88 bits per heavy atom. The summed E-state index contributed by atoms with van der Waals surface area (Å²) in [6, 6.07) is 9.08. The molecule has 1 N–H and O–H groups in total. The topological polar surface area (TPSA) is 58.6 Å². The number of thiophene rings is 1. The number of benzene rings is 1. The van der Waals surface area contributed by atoms with Crippen LogP contribution in [0.15, 0.2) is 35.7 Å². The van der Waals surface area contributed by atoms with E-state index in [1.165, 1.54) is 16.9 Å². The van der Waals surface area contributed by atoms with Gasteiger partial charge in [-0.3, -0.25) is 9.59 Å². The molecule has 0 fully saturated rings. The molecule has 2 aromatic rings. The molecule has 2 amide bonds. The molecule has 0 saturated carbocycles. The van der Waals surface area contributed by atoms with Gasteiger partial charge in [0.2, 0.25) is 5.91 Å². The SMILES string of the molecule is CCOc1ccc2c(c1)CN(C(=O)C(C)NC(=O)c1cccs1)CC2. The molecule has 2 heterocycles. The Labute approximate surface area is 151 Å². The molecule has 1 unspecified atom stereocenters. The number of hydrogen-bond donors (Lipinski definition) is 1. The molecule has 1 aliphatic heterocycles. The molecule has 3 rings (SSSR count). The van der Waals surface area contributed by atoms with Gasteiger partial charge in [0.15, 0.2) is 0 Å². The largest absolute Gasteiger partial charge is 0.494 e. The van der Waals surface area contributed by atoms with Gasteiger partial charge in [-0.15, -0.1) is 11.3 Å². The third-order valence-electron chi connectivity index (χ3n) is 4.28. The highest BCUT2D eigenvalue weighted by molar-refractivity contribution is 7.12. The molecular weight excluding hydrogens is 336 g/mol. The third kappa shape index (κ3) is 4.02. The Morgan fingerprint density at radius 2 is 2.16 bits per heavy atom. The van der Waals surface area contributed by atoms with Crippen LogP contribution in [0.25, 0.3) is 0 Å². The van der Waals surface area contributed by atoms with Crippen molar-refractivity contribution in [1.29, 1.82) is 0 Å². The summed E-state index contributed by atoms with van der Waals surface area (Å²) >= 11 is 1.37. The van der Waals surface area contributed by atoms with Crippen molar-refractivity contribution in [1.82, 2.24) is 10.2 Å². The second kappa shape index (κ2) is 7.70. The van der Waals surface area contributed by atoms with Crippen molar-refractivity contribution in [3.8, 4) is 5.75 Å². The number of nitrogens with one attached hydrogen (secondary N) is 1. The van der Waals surface area contributed by atoms with Crippen LogP contribution >= 0.6 is 11.3 Å². The molecule has 1 atom stereocenters. The fourth-order valence-corrected chi connectivity index (χ4v) is 3.62. The van der Waals surface area contributed by atoms with E-state index in [0.717, 1.165) is 17.7 Å². The van der Waals surface area contributed by atoms with Gasteiger partial charge in [-0.25, -0.2) is 0 Å². The molecule has 132 valence electrons. The first-order valence-electron chi connectivity index (χ1n) is 8.46. The second-order valence-electron chi connectivity index (χ2n) is 6.05. The quantitative estimate of drug-likeness (QED) is 0.894. The lowest BCUT2D eigenvalue weighted by Crippen LogP contribution is -2.48. The number of carbonyl (C=O) groups is 2. The third-order valence-corrected chi connectivity index (χ3v) is 5.14. The monoisotopic (exact) mass is 358 g/mol. The smallest absolute Gasteiger partial charge is 0.261 e. The van der Waals surface area contributed by atoms with Crippen LogP contribution in [-0.2, 0) is 17.8 Å². The zero-order valence-electron chi connectivity index (χ0n) is 14.5. The fraction of sp³-hybridized carbons (Fsp3) is 0.368. The number of amides is 2. The van der Waals surface area contributed by atoms with Crippen molar-refractivity contribution in [2.45, 2.75) is 32.9 Å². The first-order valence-corrected chi connectivity index (χ1v) is 9.34. The van der Waals surface area contributed by atoms with E-state index in [2.05, 4.69) is 11.4 Å². The molecule has 0 radical (unpaired) electrons. The normalized spacial score (nSPS) is 14.6. The standard InChI is InChI=1S/C19H22N2O3S/c1-3-24-16-7-6-14-8-9-21(12-15(14)11-16)19(23)13(2)20-18(22)17-5-4-10-25-17/h4-7,10-11,13H,3,8-9,12H2,1-2H3,(H,20,22). The lowest BCUT2D eigenvalue weighted by atomic mass is 9.99. The maximum Gasteiger partial charge on any atom is 0.261 e. The molecule has 5 nitrogen and oxygen atoms in total. The van der Waals surface area contributed by atoms with Gasteiger partial charge in [0, 0.05) is 13.1 Å². The van der Waals surface area contributed by atoms with Crippen molar-refractivity contribution in [2.75, 3.05) is 13.2 Å². The van der Waals surface area contributed by atoms with Crippen LogP contribution in [0.1, 0.15) is 34.6 Å². The van der Waals surface area contributed by atoms with Gasteiger partial charge in [-0.05, 0) is 55.0 Å². The maximum atomic E-state index is 12.7. The van der Waals surface area contributed by atoms with Gasteiger partial charge >= 0.3 is 0 Å². The first-order chi connectivity index (χ1) is 12.1. The van der Waals surface area contributed by atoms with Crippen LogP contribution in [0.5, 0.6) is 5.75 Å². The van der Waals surface area contributed by atoms with Crippen LogP contribution in [-0.4, -0.2) is 35.9 Å². The van der Waals surface area contributed by atoms with Crippen LogP contribution < -0.4 is 10.1 Å². The van der Waals surface area contributed by atoms with E-state index >= 15 is 0 Å². The number of nitrogens with zero attached hydrogens (tertiary/aromatic N) is 1. The van der Waals surface area contributed by atoms with Gasteiger partial charge in [-0.1, -0.05) is 12.1 Å². The van der Waals surface area contributed by atoms with E-state index < -0.39 is 6.04 Å². The predicted octanol–water partition coefficient (Wildman–Crippen LogP) is 2.85. The number of ether oxygens (including phenoxy) is 1. The maximum absolute atomic E-state index is 12.7. The Bertz CT molecular complexity index is 758. The van der Waals surface area contributed by atoms with Gasteiger partial charge in [0.1, 0.15) is 11.8 Å². The minimum atomic E-state index is -0.550. The van der Waals surface area contributed by atoms with Crippen molar-refractivity contribution in [3.05, 3.63) is 51.7 Å². The summed E-state index contributed by atoms with van der Waals surface area (Å²) in [4.78, 5) is 27.3. The van der Waals surface area contributed by atoms with Crippen LogP contribution in [0.4, 0.5) is 0 Å². The molecule has 0 aliphatic carbocycles. The zero-order valence-corrected chi connectivity index (χ0v) is 15.3. The molecule has 6 heteroatoms. The summed E-state index contributed by atoms with van der Waals surface area (Å²) in [6.45, 7) is 5.52. The molecule has 0 saturated heterocycles. The predicted molar refractivity (Wildman–Crippen MR) is 98.0 cm³/mol. The zero-order chi connectivity index (χ0) is 17.8. The summed E-state index contributed by atoms with van der Waals surface area (Å²) < 4.78 is 5.55. The van der Waals surface area contributed by atoms with E-state index in [4.69, 9.17) is 4.74 Å². The first kappa shape index (κ1) is 17.5. The Morgan fingerprint density at radius 1 is 1.32 bits per heavy atom. The average molecular weight is 358 g/mol. The highest BCUT2D eigenvalue weighted by Crippen LogP contribution is 2.24. The number of hydrogen-bond acceptors (Lipinski definition) is 4.